The molecule has 1 aromatic heterocycles. The largest absolute Gasteiger partial charge is 0.301 e. The molecule has 2 bridgehead atoms. The number of aromatic nitrogens is 1. The number of carbonyl (C=O) groups excluding carboxylic acids is 1. The van der Waals surface area contributed by atoms with Crippen LogP contribution in [0.15, 0.2) is 108 Å². The van der Waals surface area contributed by atoms with E-state index in [1.807, 2.05) is 42.6 Å². The van der Waals surface area contributed by atoms with E-state index in [4.69, 9.17) is 4.98 Å². The number of thiazole rings is 1. The summed E-state index contributed by atoms with van der Waals surface area (Å²) in [4.78, 5) is 18.8. The van der Waals surface area contributed by atoms with E-state index in [2.05, 4.69) is 72.1 Å². The predicted molar refractivity (Wildman–Crippen MR) is 160 cm³/mol. The van der Waals surface area contributed by atoms with Crippen molar-refractivity contribution in [1.29, 1.82) is 5.26 Å². The highest BCUT2D eigenvalue weighted by Gasteiger charge is 2.61. The Labute approximate surface area is 238 Å². The second-order valence-electron chi connectivity index (χ2n) is 11.3. The lowest BCUT2D eigenvalue weighted by atomic mass is 9.46. The topological polar surface area (TPSA) is 65.8 Å². The maximum absolute atomic E-state index is 14.1. The van der Waals surface area contributed by atoms with Crippen LogP contribution in [0.4, 0.5) is 5.13 Å². The van der Waals surface area contributed by atoms with Crippen LogP contribution in [0.2, 0.25) is 0 Å². The molecule has 196 valence electrons. The molecule has 0 spiro atoms. The number of hydrogen-bond donors (Lipinski definition) is 1. The number of benzene rings is 3. The number of hydrogen-bond acceptors (Lipinski definition) is 4. The van der Waals surface area contributed by atoms with Gasteiger partial charge in [0.25, 0.3) is 0 Å². The second kappa shape index (κ2) is 9.43. The van der Waals surface area contributed by atoms with E-state index >= 15 is 0 Å². The van der Waals surface area contributed by atoms with Crippen LogP contribution in [-0.2, 0) is 16.6 Å². The third-order valence-electron chi connectivity index (χ3n) is 8.96. The van der Waals surface area contributed by atoms with Gasteiger partial charge in [-0.2, -0.15) is 5.26 Å². The lowest BCUT2D eigenvalue weighted by Gasteiger charge is -2.55. The van der Waals surface area contributed by atoms with Gasteiger partial charge in [0, 0.05) is 17.7 Å². The first-order valence-electron chi connectivity index (χ1n) is 13.8. The van der Waals surface area contributed by atoms with Gasteiger partial charge in [-0.15, -0.1) is 11.3 Å². The Hall–Kier alpha value is -4.27. The van der Waals surface area contributed by atoms with Gasteiger partial charge in [-0.25, -0.2) is 4.98 Å². The summed E-state index contributed by atoms with van der Waals surface area (Å²) in [6.07, 6.45) is 7.36. The van der Waals surface area contributed by atoms with Crippen molar-refractivity contribution in [2.24, 2.45) is 5.41 Å². The Kier molecular flexibility index (Phi) is 5.83. The third-order valence-corrected chi connectivity index (χ3v) is 9.77. The number of allylic oxidation sites excluding steroid dienone is 4. The number of rotatable bonds is 5. The van der Waals surface area contributed by atoms with Crippen LogP contribution in [0, 0.1) is 16.7 Å². The first kappa shape index (κ1) is 24.7. The number of amides is 1. The summed E-state index contributed by atoms with van der Waals surface area (Å²) < 4.78 is 0. The second-order valence-corrected chi connectivity index (χ2v) is 12.2. The Balaban J connectivity index is 1.13. The van der Waals surface area contributed by atoms with Crippen molar-refractivity contribution < 1.29 is 4.79 Å². The normalized spacial score (nSPS) is 24.2. The van der Waals surface area contributed by atoms with Gasteiger partial charge in [0.15, 0.2) is 5.13 Å². The Morgan fingerprint density at radius 1 is 1.05 bits per heavy atom. The van der Waals surface area contributed by atoms with Gasteiger partial charge in [-0.1, -0.05) is 91.0 Å². The summed E-state index contributed by atoms with van der Waals surface area (Å²) in [5, 5.41) is 16.4. The number of anilines is 1. The number of fused-ring (bicyclic) bond motifs is 1. The highest BCUT2D eigenvalue weighted by atomic mass is 32.1. The average molecular weight is 540 g/mol. The van der Waals surface area contributed by atoms with Crippen LogP contribution >= 0.6 is 11.3 Å². The van der Waals surface area contributed by atoms with E-state index < -0.39 is 10.8 Å². The van der Waals surface area contributed by atoms with Gasteiger partial charge in [0.1, 0.15) is 5.41 Å². The van der Waals surface area contributed by atoms with Crippen LogP contribution in [0.5, 0.6) is 0 Å². The van der Waals surface area contributed by atoms with Crippen molar-refractivity contribution in [2.45, 2.75) is 43.9 Å². The number of nitrogens with one attached hydrogen (secondary N) is 1. The molecule has 1 N–H and O–H groups in total. The molecule has 1 amide bonds. The first-order valence-corrected chi connectivity index (χ1v) is 14.7. The SMILES string of the molecule is CC1(C(=O)Nc2nc(Cc3ccc(-c4ccccc4)cc3)cs2)CC2(C#N)C3=C(C=CCC3)C1c1ccccc12. The molecule has 3 atom stereocenters. The lowest BCUT2D eigenvalue weighted by molar-refractivity contribution is -0.127. The Morgan fingerprint density at radius 2 is 1.80 bits per heavy atom. The minimum absolute atomic E-state index is 0.0646. The first-order chi connectivity index (χ1) is 19.5. The van der Waals surface area contributed by atoms with E-state index in [-0.39, 0.29) is 11.8 Å². The highest BCUT2D eigenvalue weighted by molar-refractivity contribution is 7.13. The molecular weight excluding hydrogens is 510 g/mol. The molecule has 40 heavy (non-hydrogen) atoms. The van der Waals surface area contributed by atoms with E-state index in [1.165, 1.54) is 33.6 Å². The molecule has 0 fully saturated rings. The van der Waals surface area contributed by atoms with Crippen molar-refractivity contribution >= 4 is 22.4 Å². The van der Waals surface area contributed by atoms with Gasteiger partial charge < -0.3 is 5.32 Å². The van der Waals surface area contributed by atoms with Crippen LogP contribution in [-0.4, -0.2) is 10.9 Å². The van der Waals surface area contributed by atoms with Gasteiger partial charge in [0.2, 0.25) is 5.91 Å². The van der Waals surface area contributed by atoms with E-state index in [0.717, 1.165) is 35.2 Å². The monoisotopic (exact) mass is 539 g/mol. The molecular formula is C35H29N3OS. The van der Waals surface area contributed by atoms with Crippen molar-refractivity contribution in [2.75, 3.05) is 5.32 Å². The van der Waals surface area contributed by atoms with Crippen LogP contribution < -0.4 is 5.32 Å². The minimum Gasteiger partial charge on any atom is -0.301 e. The molecule has 0 aliphatic heterocycles. The third kappa shape index (κ3) is 3.78. The van der Waals surface area contributed by atoms with Crippen molar-refractivity contribution in [3.63, 3.8) is 0 Å². The van der Waals surface area contributed by atoms with Crippen LogP contribution in [0.1, 0.15) is 54.5 Å². The summed E-state index contributed by atoms with van der Waals surface area (Å²) in [6, 6.07) is 29.8. The fraction of sp³-hybridized carbons (Fsp3) is 0.229. The smallest absolute Gasteiger partial charge is 0.233 e. The molecule has 3 aromatic carbocycles. The Bertz CT molecular complexity index is 1730. The van der Waals surface area contributed by atoms with Crippen LogP contribution in [0.3, 0.4) is 0 Å². The molecule has 4 nitrogen and oxygen atoms in total. The zero-order chi connectivity index (χ0) is 27.3. The molecule has 5 heteroatoms. The molecule has 4 aliphatic carbocycles. The fourth-order valence-electron chi connectivity index (χ4n) is 7.14. The maximum atomic E-state index is 14.1. The molecule has 0 saturated carbocycles. The maximum Gasteiger partial charge on any atom is 0.233 e. The van der Waals surface area contributed by atoms with Crippen molar-refractivity contribution in [1.82, 2.24) is 4.98 Å². The zero-order valence-electron chi connectivity index (χ0n) is 22.4. The van der Waals surface area contributed by atoms with Gasteiger partial charge >= 0.3 is 0 Å². The lowest BCUT2D eigenvalue weighted by Crippen LogP contribution is -2.54. The molecule has 0 radical (unpaired) electrons. The summed E-state index contributed by atoms with van der Waals surface area (Å²) in [5.74, 6) is -0.140. The van der Waals surface area contributed by atoms with E-state index in [1.54, 1.807) is 0 Å². The standard InChI is InChI=1S/C35H29N3OS/c1-34(21-35(22-36)29-13-7-5-11-27(29)31(34)28-12-6-8-14-30(28)35)32(39)38-33-37-26(20-40-33)19-23-15-17-25(18-16-23)24-9-3-2-4-10-24/h2-7,9-13,15-18,20,31H,8,14,19,21H2,1H3,(H,37,38,39). The molecule has 0 saturated heterocycles. The van der Waals surface area contributed by atoms with E-state index in [9.17, 15) is 10.1 Å². The quantitative estimate of drug-likeness (QED) is 0.280. The summed E-state index contributed by atoms with van der Waals surface area (Å²) >= 11 is 1.46. The molecule has 4 aliphatic rings. The Morgan fingerprint density at radius 3 is 2.60 bits per heavy atom. The minimum atomic E-state index is -0.766. The van der Waals surface area contributed by atoms with Crippen LogP contribution in [0.25, 0.3) is 11.1 Å². The molecule has 1 heterocycles. The van der Waals surface area contributed by atoms with E-state index in [0.29, 0.717) is 18.0 Å². The summed E-state index contributed by atoms with van der Waals surface area (Å²) in [7, 11) is 0. The molecule has 8 rings (SSSR count). The van der Waals surface area contributed by atoms with Gasteiger partial charge in [0.05, 0.1) is 17.2 Å². The van der Waals surface area contributed by atoms with Crippen molar-refractivity contribution in [3.8, 4) is 17.2 Å². The molecule has 4 aromatic rings. The predicted octanol–water partition coefficient (Wildman–Crippen LogP) is 7.95. The average Bonchev–Trinajstić information content (AvgIpc) is 3.44. The highest BCUT2D eigenvalue weighted by Crippen LogP contribution is 2.65. The molecule has 3 unspecified atom stereocenters. The number of nitriles is 1. The number of nitrogens with zero attached hydrogens (tertiary/aromatic N) is 2. The van der Waals surface area contributed by atoms with Crippen molar-refractivity contribution in [3.05, 3.63) is 130 Å². The summed E-state index contributed by atoms with van der Waals surface area (Å²) in [5.41, 5.74) is 7.53. The van der Waals surface area contributed by atoms with Gasteiger partial charge in [-0.05, 0) is 65.1 Å². The fourth-order valence-corrected chi connectivity index (χ4v) is 7.85. The van der Waals surface area contributed by atoms with Gasteiger partial charge in [-0.3, -0.25) is 4.79 Å². The summed E-state index contributed by atoms with van der Waals surface area (Å²) in [6.45, 7) is 2.03. The zero-order valence-corrected chi connectivity index (χ0v) is 23.2. The number of carbonyl (C=O) groups is 1.